The summed E-state index contributed by atoms with van der Waals surface area (Å²) >= 11 is 0. The van der Waals surface area contributed by atoms with Gasteiger partial charge in [-0.1, -0.05) is 13.3 Å². The van der Waals surface area contributed by atoms with Crippen LogP contribution < -0.4 is 5.73 Å². The van der Waals surface area contributed by atoms with Crippen LogP contribution in [0, 0.1) is 5.92 Å². The predicted molar refractivity (Wildman–Crippen MR) is 65.5 cm³/mol. The van der Waals surface area contributed by atoms with Gasteiger partial charge in [0.15, 0.2) is 0 Å². The highest BCUT2D eigenvalue weighted by atomic mass is 35.5. The van der Waals surface area contributed by atoms with Crippen molar-refractivity contribution in [3.05, 3.63) is 0 Å². The molecule has 3 aliphatic rings. The molecule has 0 aromatic heterocycles. The van der Waals surface area contributed by atoms with E-state index in [2.05, 4.69) is 11.8 Å². The number of nitrogens with zero attached hydrogens (tertiary/aromatic N) is 1. The normalized spacial score (nSPS) is 39.9. The molecule has 0 radical (unpaired) electrons. The van der Waals surface area contributed by atoms with Gasteiger partial charge in [-0.15, -0.1) is 24.8 Å². The number of hydrogen-bond donors (Lipinski definition) is 1. The summed E-state index contributed by atoms with van der Waals surface area (Å²) in [5, 5.41) is 0. The Morgan fingerprint density at radius 3 is 2.21 bits per heavy atom. The summed E-state index contributed by atoms with van der Waals surface area (Å²) in [6.45, 7) is 6.00. The van der Waals surface area contributed by atoms with E-state index in [1.165, 1.54) is 38.8 Å². The molecule has 14 heavy (non-hydrogen) atoms. The van der Waals surface area contributed by atoms with E-state index < -0.39 is 0 Å². The maximum absolute atomic E-state index is 6.41. The van der Waals surface area contributed by atoms with Crippen LogP contribution in [-0.2, 0) is 0 Å². The zero-order valence-electron chi connectivity index (χ0n) is 8.87. The average Bonchev–Trinajstić information content (AvgIpc) is 2.05. The van der Waals surface area contributed by atoms with E-state index >= 15 is 0 Å². The first-order chi connectivity index (χ1) is 5.74. The van der Waals surface area contributed by atoms with E-state index in [4.69, 9.17) is 5.73 Å². The monoisotopic (exact) mass is 240 g/mol. The van der Waals surface area contributed by atoms with Gasteiger partial charge < -0.3 is 10.6 Å². The standard InChI is InChI=1S/C10H20N2.2ClH/c1-2-5-10(11)8-12-6-3-9(10)4-7-12;;/h9H,2-8,11H2,1H3;2*1H. The lowest BCUT2D eigenvalue weighted by atomic mass is 9.71. The van der Waals surface area contributed by atoms with Gasteiger partial charge in [0, 0.05) is 12.1 Å². The summed E-state index contributed by atoms with van der Waals surface area (Å²) in [7, 11) is 0. The van der Waals surface area contributed by atoms with E-state index in [9.17, 15) is 0 Å². The van der Waals surface area contributed by atoms with Crippen LogP contribution in [0.15, 0.2) is 0 Å². The molecule has 2 bridgehead atoms. The maximum atomic E-state index is 6.41. The van der Waals surface area contributed by atoms with Crippen LogP contribution in [0.1, 0.15) is 32.6 Å². The van der Waals surface area contributed by atoms with Crippen molar-refractivity contribution in [1.82, 2.24) is 4.90 Å². The van der Waals surface area contributed by atoms with E-state index in [0.717, 1.165) is 12.5 Å². The summed E-state index contributed by atoms with van der Waals surface area (Å²) in [6.07, 6.45) is 5.14. The first kappa shape index (κ1) is 14.5. The molecule has 0 saturated carbocycles. The molecule has 1 unspecified atom stereocenters. The van der Waals surface area contributed by atoms with E-state index in [1.807, 2.05) is 0 Å². The zero-order chi connectivity index (χ0) is 8.60. The number of halogens is 2. The predicted octanol–water partition coefficient (Wildman–Crippen LogP) is 2.05. The van der Waals surface area contributed by atoms with Crippen molar-refractivity contribution in [2.75, 3.05) is 19.6 Å². The third-order valence-corrected chi connectivity index (χ3v) is 3.63. The van der Waals surface area contributed by atoms with Crippen LogP contribution in [0.4, 0.5) is 0 Å². The van der Waals surface area contributed by atoms with Crippen molar-refractivity contribution in [3.63, 3.8) is 0 Å². The largest absolute Gasteiger partial charge is 0.324 e. The van der Waals surface area contributed by atoms with E-state index in [0.29, 0.717) is 0 Å². The molecule has 86 valence electrons. The summed E-state index contributed by atoms with van der Waals surface area (Å²) in [4.78, 5) is 2.54. The van der Waals surface area contributed by atoms with E-state index in [-0.39, 0.29) is 30.4 Å². The minimum absolute atomic E-state index is 0. The molecule has 3 saturated heterocycles. The summed E-state index contributed by atoms with van der Waals surface area (Å²) in [5.41, 5.74) is 6.58. The molecule has 2 N–H and O–H groups in total. The fourth-order valence-electron chi connectivity index (χ4n) is 2.96. The zero-order valence-corrected chi connectivity index (χ0v) is 10.5. The highest BCUT2D eigenvalue weighted by Gasteiger charge is 2.42. The average molecular weight is 241 g/mol. The Bertz CT molecular complexity index is 170. The van der Waals surface area contributed by atoms with Crippen molar-refractivity contribution in [1.29, 1.82) is 0 Å². The second kappa shape index (κ2) is 5.55. The van der Waals surface area contributed by atoms with Crippen molar-refractivity contribution in [2.24, 2.45) is 11.7 Å². The number of fused-ring (bicyclic) bond motifs is 3. The second-order valence-corrected chi connectivity index (χ2v) is 4.53. The molecule has 2 nitrogen and oxygen atoms in total. The summed E-state index contributed by atoms with van der Waals surface area (Å²) < 4.78 is 0. The van der Waals surface area contributed by atoms with Crippen LogP contribution in [0.3, 0.4) is 0 Å². The SMILES string of the molecule is CCCC1(N)CN2CCC1CC2.Cl.Cl. The highest BCUT2D eigenvalue weighted by Crippen LogP contribution is 2.36. The second-order valence-electron chi connectivity index (χ2n) is 4.53. The lowest BCUT2D eigenvalue weighted by Gasteiger charge is -2.51. The van der Waals surface area contributed by atoms with Gasteiger partial charge in [0.05, 0.1) is 0 Å². The Morgan fingerprint density at radius 1 is 1.29 bits per heavy atom. The van der Waals surface area contributed by atoms with E-state index in [1.54, 1.807) is 0 Å². The van der Waals surface area contributed by atoms with Crippen molar-refractivity contribution in [3.8, 4) is 0 Å². The van der Waals surface area contributed by atoms with Gasteiger partial charge in [-0.3, -0.25) is 0 Å². The molecule has 3 heterocycles. The summed E-state index contributed by atoms with van der Waals surface area (Å²) in [5.74, 6) is 0.822. The number of nitrogens with two attached hydrogens (primary N) is 1. The smallest absolute Gasteiger partial charge is 0.0312 e. The molecule has 3 rings (SSSR count). The Kier molecular flexibility index (Phi) is 5.75. The van der Waals surface area contributed by atoms with Crippen LogP contribution in [0.5, 0.6) is 0 Å². The molecular formula is C10H22Cl2N2. The van der Waals surface area contributed by atoms with Gasteiger partial charge in [-0.05, 0) is 38.3 Å². The fourth-order valence-corrected chi connectivity index (χ4v) is 2.96. The van der Waals surface area contributed by atoms with Gasteiger partial charge in [0.25, 0.3) is 0 Å². The van der Waals surface area contributed by atoms with Crippen LogP contribution in [0.25, 0.3) is 0 Å². The van der Waals surface area contributed by atoms with Crippen LogP contribution >= 0.6 is 24.8 Å². The number of hydrogen-bond acceptors (Lipinski definition) is 2. The lowest BCUT2D eigenvalue weighted by Crippen LogP contribution is -2.63. The van der Waals surface area contributed by atoms with Gasteiger partial charge >= 0.3 is 0 Å². The number of piperidine rings is 3. The van der Waals surface area contributed by atoms with Crippen LogP contribution in [-0.4, -0.2) is 30.1 Å². The molecular weight excluding hydrogens is 219 g/mol. The molecule has 1 atom stereocenters. The Morgan fingerprint density at radius 2 is 1.86 bits per heavy atom. The third kappa shape index (κ3) is 2.54. The first-order valence-electron chi connectivity index (χ1n) is 5.26. The summed E-state index contributed by atoms with van der Waals surface area (Å²) in [6, 6.07) is 0. The minimum Gasteiger partial charge on any atom is -0.324 e. The molecule has 0 aromatic carbocycles. The molecule has 0 aliphatic carbocycles. The molecule has 0 amide bonds. The maximum Gasteiger partial charge on any atom is 0.0312 e. The van der Waals surface area contributed by atoms with Gasteiger partial charge in [0.2, 0.25) is 0 Å². The van der Waals surface area contributed by atoms with Crippen LogP contribution in [0.2, 0.25) is 0 Å². The van der Waals surface area contributed by atoms with Crippen molar-refractivity contribution >= 4 is 24.8 Å². The molecule has 4 heteroatoms. The number of rotatable bonds is 2. The molecule has 3 fully saturated rings. The van der Waals surface area contributed by atoms with Crippen molar-refractivity contribution in [2.45, 2.75) is 38.1 Å². The van der Waals surface area contributed by atoms with Crippen molar-refractivity contribution < 1.29 is 0 Å². The first-order valence-corrected chi connectivity index (χ1v) is 5.26. The van der Waals surface area contributed by atoms with Gasteiger partial charge in [0.1, 0.15) is 0 Å². The topological polar surface area (TPSA) is 29.3 Å². The Labute approximate surface area is 99.4 Å². The molecule has 0 aromatic rings. The Balaban J connectivity index is 0.000000845. The third-order valence-electron chi connectivity index (χ3n) is 3.63. The lowest BCUT2D eigenvalue weighted by molar-refractivity contribution is 0.0238. The van der Waals surface area contributed by atoms with Gasteiger partial charge in [-0.25, -0.2) is 0 Å². The highest BCUT2D eigenvalue weighted by molar-refractivity contribution is 5.85. The quantitative estimate of drug-likeness (QED) is 0.801. The minimum atomic E-state index is 0. The fraction of sp³-hybridized carbons (Fsp3) is 1.00. The molecule has 3 aliphatic heterocycles. The Hall–Kier alpha value is 0.500. The van der Waals surface area contributed by atoms with Gasteiger partial charge in [-0.2, -0.15) is 0 Å². The molecule has 0 spiro atoms.